The summed E-state index contributed by atoms with van der Waals surface area (Å²) in [6.07, 6.45) is -0.267. The molecular weight excluding hydrogens is 288 g/mol. The number of nitrogens with one attached hydrogen (secondary N) is 1. The van der Waals surface area contributed by atoms with Crippen LogP contribution in [0.15, 0.2) is 12.1 Å². The predicted molar refractivity (Wildman–Crippen MR) is 67.8 cm³/mol. The van der Waals surface area contributed by atoms with Crippen LogP contribution in [0.2, 0.25) is 0 Å². The molecule has 0 fully saturated rings. The zero-order chi connectivity index (χ0) is 16.0. The van der Waals surface area contributed by atoms with Gasteiger partial charge in [-0.25, -0.2) is 13.6 Å². The number of hydrogen-bond acceptors (Lipinski definition) is 4. The van der Waals surface area contributed by atoms with Gasteiger partial charge in [-0.15, -0.1) is 0 Å². The SMILES string of the molecule is COC(=O)c1cc(NC(=O)CCCC(=O)O)c(F)cc1F. The van der Waals surface area contributed by atoms with Crippen LogP contribution in [0.5, 0.6) is 0 Å². The molecule has 0 atom stereocenters. The molecule has 21 heavy (non-hydrogen) atoms. The molecule has 1 amide bonds. The molecule has 1 rings (SSSR count). The zero-order valence-electron chi connectivity index (χ0n) is 11.1. The lowest BCUT2D eigenvalue weighted by molar-refractivity contribution is -0.137. The molecule has 0 aliphatic rings. The molecule has 2 N–H and O–H groups in total. The minimum Gasteiger partial charge on any atom is -0.481 e. The highest BCUT2D eigenvalue weighted by atomic mass is 19.1. The van der Waals surface area contributed by atoms with Gasteiger partial charge in [-0.2, -0.15) is 0 Å². The number of carbonyl (C=O) groups is 3. The van der Waals surface area contributed by atoms with Crippen LogP contribution < -0.4 is 5.32 Å². The summed E-state index contributed by atoms with van der Waals surface area (Å²) >= 11 is 0. The minimum absolute atomic E-state index is 0.0772. The maximum absolute atomic E-state index is 13.5. The number of benzene rings is 1. The first kappa shape index (κ1) is 16.5. The Balaban J connectivity index is 2.81. The van der Waals surface area contributed by atoms with Gasteiger partial charge in [-0.05, 0) is 12.5 Å². The summed E-state index contributed by atoms with van der Waals surface area (Å²) in [6, 6.07) is 1.28. The van der Waals surface area contributed by atoms with Crippen LogP contribution in [0, 0.1) is 11.6 Å². The van der Waals surface area contributed by atoms with Gasteiger partial charge in [0.15, 0.2) is 0 Å². The van der Waals surface area contributed by atoms with Crippen molar-refractivity contribution in [3.8, 4) is 0 Å². The van der Waals surface area contributed by atoms with E-state index >= 15 is 0 Å². The van der Waals surface area contributed by atoms with Crippen LogP contribution in [0.4, 0.5) is 14.5 Å². The topological polar surface area (TPSA) is 92.7 Å². The molecule has 0 unspecified atom stereocenters. The molecule has 0 radical (unpaired) electrons. The Morgan fingerprint density at radius 1 is 1.19 bits per heavy atom. The molecule has 114 valence electrons. The lowest BCUT2D eigenvalue weighted by atomic mass is 10.1. The predicted octanol–water partition coefficient (Wildman–Crippen LogP) is 1.94. The smallest absolute Gasteiger partial charge is 0.340 e. The van der Waals surface area contributed by atoms with E-state index in [0.717, 1.165) is 13.2 Å². The Morgan fingerprint density at radius 3 is 2.43 bits per heavy atom. The van der Waals surface area contributed by atoms with Crippen molar-refractivity contribution in [1.82, 2.24) is 0 Å². The number of aliphatic carboxylic acids is 1. The lowest BCUT2D eigenvalue weighted by Gasteiger charge is -2.09. The number of rotatable bonds is 6. The van der Waals surface area contributed by atoms with E-state index in [9.17, 15) is 23.2 Å². The number of anilines is 1. The van der Waals surface area contributed by atoms with Crippen LogP contribution in [0.25, 0.3) is 0 Å². The number of methoxy groups -OCH3 is 1. The third kappa shape index (κ3) is 4.83. The molecule has 0 heterocycles. The number of esters is 1. The number of hydrogen-bond donors (Lipinski definition) is 2. The molecular formula is C13H13F2NO5. The summed E-state index contributed by atoms with van der Waals surface area (Å²) in [7, 11) is 1.04. The van der Waals surface area contributed by atoms with Gasteiger partial charge in [0, 0.05) is 18.9 Å². The van der Waals surface area contributed by atoms with Crippen molar-refractivity contribution in [3.63, 3.8) is 0 Å². The standard InChI is InChI=1S/C13H13F2NO5/c1-21-13(20)7-5-10(9(15)6-8(7)14)16-11(17)3-2-4-12(18)19/h5-6H,2-4H2,1H3,(H,16,17)(H,18,19). The fourth-order valence-corrected chi connectivity index (χ4v) is 1.52. The molecule has 1 aromatic rings. The molecule has 6 nitrogen and oxygen atoms in total. The van der Waals surface area contributed by atoms with Crippen LogP contribution >= 0.6 is 0 Å². The second kappa shape index (κ2) is 7.32. The highest BCUT2D eigenvalue weighted by Crippen LogP contribution is 2.20. The van der Waals surface area contributed by atoms with Crippen molar-refractivity contribution in [1.29, 1.82) is 0 Å². The van der Waals surface area contributed by atoms with Crippen molar-refractivity contribution in [2.45, 2.75) is 19.3 Å². The minimum atomic E-state index is -1.11. The first-order chi connectivity index (χ1) is 9.85. The summed E-state index contributed by atoms with van der Waals surface area (Å²) in [5.74, 6) is -4.86. The van der Waals surface area contributed by atoms with E-state index in [1.807, 2.05) is 0 Å². The van der Waals surface area contributed by atoms with Gasteiger partial charge in [0.1, 0.15) is 11.6 Å². The van der Waals surface area contributed by atoms with Gasteiger partial charge in [-0.3, -0.25) is 9.59 Å². The molecule has 0 aromatic heterocycles. The third-order valence-electron chi connectivity index (χ3n) is 2.53. The maximum Gasteiger partial charge on any atom is 0.340 e. The van der Waals surface area contributed by atoms with Gasteiger partial charge in [0.05, 0.1) is 18.4 Å². The van der Waals surface area contributed by atoms with Crippen molar-refractivity contribution in [2.24, 2.45) is 0 Å². The molecule has 1 aromatic carbocycles. The average molecular weight is 301 g/mol. The second-order valence-electron chi connectivity index (χ2n) is 4.10. The van der Waals surface area contributed by atoms with Crippen LogP contribution in [-0.4, -0.2) is 30.1 Å². The van der Waals surface area contributed by atoms with E-state index in [-0.39, 0.29) is 24.9 Å². The Morgan fingerprint density at radius 2 is 1.86 bits per heavy atom. The molecule has 0 saturated heterocycles. The van der Waals surface area contributed by atoms with Crippen molar-refractivity contribution >= 4 is 23.5 Å². The summed E-state index contributed by atoms with van der Waals surface area (Å²) < 4.78 is 31.2. The number of ether oxygens (including phenoxy) is 1. The van der Waals surface area contributed by atoms with E-state index in [1.54, 1.807) is 0 Å². The Hall–Kier alpha value is -2.51. The Labute approximate surface area is 118 Å². The van der Waals surface area contributed by atoms with E-state index < -0.39 is 35.0 Å². The monoisotopic (exact) mass is 301 g/mol. The van der Waals surface area contributed by atoms with Crippen LogP contribution in [0.1, 0.15) is 29.6 Å². The van der Waals surface area contributed by atoms with Crippen molar-refractivity contribution in [3.05, 3.63) is 29.3 Å². The third-order valence-corrected chi connectivity index (χ3v) is 2.53. The van der Waals surface area contributed by atoms with Crippen LogP contribution in [-0.2, 0) is 14.3 Å². The number of carbonyl (C=O) groups excluding carboxylic acids is 2. The lowest BCUT2D eigenvalue weighted by Crippen LogP contribution is -2.14. The van der Waals surface area contributed by atoms with Crippen molar-refractivity contribution in [2.75, 3.05) is 12.4 Å². The number of halogens is 2. The van der Waals surface area contributed by atoms with Gasteiger partial charge < -0.3 is 15.2 Å². The first-order valence-corrected chi connectivity index (χ1v) is 5.94. The highest BCUT2D eigenvalue weighted by molar-refractivity contribution is 5.94. The van der Waals surface area contributed by atoms with Gasteiger partial charge in [-0.1, -0.05) is 0 Å². The molecule has 0 bridgehead atoms. The average Bonchev–Trinajstić information content (AvgIpc) is 2.40. The van der Waals surface area contributed by atoms with E-state index in [0.29, 0.717) is 6.07 Å². The quantitative estimate of drug-likeness (QED) is 0.783. The van der Waals surface area contributed by atoms with E-state index in [1.165, 1.54) is 0 Å². The van der Waals surface area contributed by atoms with Gasteiger partial charge in [0.2, 0.25) is 5.91 Å². The number of carboxylic acid groups (broad SMARTS) is 1. The first-order valence-electron chi connectivity index (χ1n) is 5.94. The Bertz CT molecular complexity index is 574. The Kier molecular flexibility index (Phi) is 5.77. The summed E-state index contributed by atoms with van der Waals surface area (Å²) in [5.41, 5.74) is -0.892. The molecule has 0 saturated carbocycles. The summed E-state index contributed by atoms with van der Waals surface area (Å²) in [6.45, 7) is 0. The molecule has 0 aliphatic heterocycles. The zero-order valence-corrected chi connectivity index (χ0v) is 11.1. The molecule has 0 spiro atoms. The highest BCUT2D eigenvalue weighted by Gasteiger charge is 2.17. The fraction of sp³-hybridized carbons (Fsp3) is 0.308. The van der Waals surface area contributed by atoms with E-state index in [2.05, 4.69) is 10.1 Å². The molecule has 0 aliphatic carbocycles. The molecule has 8 heteroatoms. The maximum atomic E-state index is 13.5. The van der Waals surface area contributed by atoms with Gasteiger partial charge >= 0.3 is 11.9 Å². The van der Waals surface area contributed by atoms with E-state index in [4.69, 9.17) is 5.11 Å². The van der Waals surface area contributed by atoms with Crippen LogP contribution in [0.3, 0.4) is 0 Å². The summed E-state index contributed by atoms with van der Waals surface area (Å²) in [5, 5.41) is 10.6. The van der Waals surface area contributed by atoms with Gasteiger partial charge in [0.25, 0.3) is 0 Å². The largest absolute Gasteiger partial charge is 0.481 e. The van der Waals surface area contributed by atoms with Crippen molar-refractivity contribution < 1.29 is 33.0 Å². The second-order valence-corrected chi connectivity index (χ2v) is 4.10. The fourth-order valence-electron chi connectivity index (χ4n) is 1.52. The number of carboxylic acids is 1. The normalized spacial score (nSPS) is 10.0. The summed E-state index contributed by atoms with van der Waals surface area (Å²) in [4.78, 5) is 33.1. The number of amides is 1.